The summed E-state index contributed by atoms with van der Waals surface area (Å²) in [4.78, 5) is 0. The maximum atomic E-state index is 5.73. The third-order valence-corrected chi connectivity index (χ3v) is 2.80. The van der Waals surface area contributed by atoms with Gasteiger partial charge in [-0.3, -0.25) is 0 Å². The smallest absolute Gasteiger partial charge is 0.128 e. The van der Waals surface area contributed by atoms with Gasteiger partial charge in [-0.15, -0.1) is 5.10 Å². The van der Waals surface area contributed by atoms with Gasteiger partial charge in [-0.2, -0.15) is 0 Å². The van der Waals surface area contributed by atoms with Crippen LogP contribution in [0.5, 0.6) is 5.75 Å². The molecular formula is C13H18N4O. The monoisotopic (exact) mass is 246 g/mol. The molecule has 2 rings (SSSR count). The van der Waals surface area contributed by atoms with E-state index in [0.29, 0.717) is 6.54 Å². The molecule has 0 spiro atoms. The van der Waals surface area contributed by atoms with Crippen LogP contribution in [0.2, 0.25) is 0 Å². The summed E-state index contributed by atoms with van der Waals surface area (Å²) in [5.41, 5.74) is 8.47. The molecule has 5 heteroatoms. The van der Waals surface area contributed by atoms with Gasteiger partial charge in [-0.1, -0.05) is 24.3 Å². The Balaban J connectivity index is 2.57. The summed E-state index contributed by atoms with van der Waals surface area (Å²) >= 11 is 0. The van der Waals surface area contributed by atoms with Crippen LogP contribution in [-0.2, 0) is 13.1 Å². The fourth-order valence-electron chi connectivity index (χ4n) is 1.99. The average molecular weight is 246 g/mol. The molecule has 0 amide bonds. The lowest BCUT2D eigenvalue weighted by Gasteiger charge is -2.10. The molecule has 18 heavy (non-hydrogen) atoms. The first-order chi connectivity index (χ1) is 8.81. The van der Waals surface area contributed by atoms with Gasteiger partial charge in [0, 0.05) is 18.7 Å². The van der Waals surface area contributed by atoms with Crippen LogP contribution in [0.4, 0.5) is 0 Å². The summed E-state index contributed by atoms with van der Waals surface area (Å²) in [5.74, 6) is 0.812. The summed E-state index contributed by atoms with van der Waals surface area (Å²) in [7, 11) is 1.66. The highest BCUT2D eigenvalue weighted by molar-refractivity contribution is 5.69. The molecule has 0 saturated heterocycles. The van der Waals surface area contributed by atoms with Gasteiger partial charge in [0.15, 0.2) is 0 Å². The zero-order chi connectivity index (χ0) is 13.0. The molecule has 0 radical (unpaired) electrons. The Labute approximate surface area is 107 Å². The van der Waals surface area contributed by atoms with Crippen LogP contribution in [0.15, 0.2) is 24.3 Å². The SMILES string of the molecule is CCCn1nnc(CN)c1-c1ccccc1OC. The van der Waals surface area contributed by atoms with Gasteiger partial charge >= 0.3 is 0 Å². The van der Waals surface area contributed by atoms with Crippen LogP contribution in [-0.4, -0.2) is 22.1 Å². The van der Waals surface area contributed by atoms with Gasteiger partial charge in [0.25, 0.3) is 0 Å². The Morgan fingerprint density at radius 3 is 2.78 bits per heavy atom. The molecule has 0 unspecified atom stereocenters. The minimum Gasteiger partial charge on any atom is -0.496 e. The molecule has 0 fully saturated rings. The van der Waals surface area contributed by atoms with Gasteiger partial charge < -0.3 is 10.5 Å². The van der Waals surface area contributed by atoms with Gasteiger partial charge in [0.05, 0.1) is 12.8 Å². The molecule has 1 heterocycles. The van der Waals surface area contributed by atoms with Crippen molar-refractivity contribution in [1.82, 2.24) is 15.0 Å². The van der Waals surface area contributed by atoms with E-state index < -0.39 is 0 Å². The molecule has 2 aromatic rings. The molecule has 5 nitrogen and oxygen atoms in total. The number of methoxy groups -OCH3 is 1. The Morgan fingerprint density at radius 1 is 1.33 bits per heavy atom. The van der Waals surface area contributed by atoms with E-state index in [0.717, 1.165) is 35.7 Å². The summed E-state index contributed by atoms with van der Waals surface area (Å²) < 4.78 is 7.28. The summed E-state index contributed by atoms with van der Waals surface area (Å²) in [6.45, 7) is 3.30. The van der Waals surface area contributed by atoms with Crippen molar-refractivity contribution in [2.24, 2.45) is 5.73 Å². The molecule has 96 valence electrons. The van der Waals surface area contributed by atoms with Gasteiger partial charge in [-0.05, 0) is 18.6 Å². The standard InChI is InChI=1S/C13H18N4O/c1-3-8-17-13(11(9-14)15-16-17)10-6-4-5-7-12(10)18-2/h4-7H,3,8-9,14H2,1-2H3. The largest absolute Gasteiger partial charge is 0.496 e. The van der Waals surface area contributed by atoms with E-state index in [4.69, 9.17) is 10.5 Å². The van der Waals surface area contributed by atoms with Crippen molar-refractivity contribution in [3.8, 4) is 17.0 Å². The van der Waals surface area contributed by atoms with Crippen molar-refractivity contribution in [2.75, 3.05) is 7.11 Å². The second-order valence-corrected chi connectivity index (χ2v) is 4.01. The fraction of sp³-hybridized carbons (Fsp3) is 0.385. The first-order valence-corrected chi connectivity index (χ1v) is 6.07. The lowest BCUT2D eigenvalue weighted by molar-refractivity contribution is 0.415. The van der Waals surface area contributed by atoms with Crippen molar-refractivity contribution >= 4 is 0 Å². The predicted octanol–water partition coefficient (Wildman–Crippen LogP) is 1.82. The van der Waals surface area contributed by atoms with Crippen LogP contribution >= 0.6 is 0 Å². The Hall–Kier alpha value is -1.88. The summed E-state index contributed by atoms with van der Waals surface area (Å²) in [5, 5.41) is 8.30. The number of aryl methyl sites for hydroxylation is 1. The number of rotatable bonds is 5. The molecule has 0 saturated carbocycles. The molecule has 2 N–H and O–H groups in total. The van der Waals surface area contributed by atoms with Crippen LogP contribution in [0.3, 0.4) is 0 Å². The second kappa shape index (κ2) is 5.64. The molecule has 0 aliphatic rings. The highest BCUT2D eigenvalue weighted by Crippen LogP contribution is 2.31. The Morgan fingerprint density at radius 2 is 2.11 bits per heavy atom. The van der Waals surface area contributed by atoms with Gasteiger partial charge in [0.2, 0.25) is 0 Å². The second-order valence-electron chi connectivity index (χ2n) is 4.01. The number of ether oxygens (including phenoxy) is 1. The van der Waals surface area contributed by atoms with Gasteiger partial charge in [0.1, 0.15) is 11.4 Å². The van der Waals surface area contributed by atoms with Crippen LogP contribution in [0, 0.1) is 0 Å². The molecule has 1 aromatic heterocycles. The molecule has 1 aromatic carbocycles. The van der Waals surface area contributed by atoms with Crippen LogP contribution in [0.1, 0.15) is 19.0 Å². The number of hydrogen-bond acceptors (Lipinski definition) is 4. The number of benzene rings is 1. The molecular weight excluding hydrogens is 228 g/mol. The maximum absolute atomic E-state index is 5.73. The van der Waals surface area contributed by atoms with Crippen molar-refractivity contribution in [3.63, 3.8) is 0 Å². The molecule has 0 aliphatic carbocycles. The number of aromatic nitrogens is 3. The van der Waals surface area contributed by atoms with Crippen molar-refractivity contribution in [3.05, 3.63) is 30.0 Å². The first-order valence-electron chi connectivity index (χ1n) is 6.07. The predicted molar refractivity (Wildman–Crippen MR) is 70.2 cm³/mol. The minimum absolute atomic E-state index is 0.372. The van der Waals surface area contributed by atoms with Crippen molar-refractivity contribution < 1.29 is 4.74 Å². The van der Waals surface area contributed by atoms with E-state index >= 15 is 0 Å². The first kappa shape index (κ1) is 12.6. The molecule has 0 bridgehead atoms. The average Bonchev–Trinajstić information content (AvgIpc) is 2.82. The van der Waals surface area contributed by atoms with E-state index in [1.807, 2.05) is 28.9 Å². The molecule has 0 atom stereocenters. The van der Waals surface area contributed by atoms with Crippen molar-refractivity contribution in [1.29, 1.82) is 0 Å². The Bertz CT molecular complexity index is 521. The zero-order valence-corrected chi connectivity index (χ0v) is 10.8. The summed E-state index contributed by atoms with van der Waals surface area (Å²) in [6, 6.07) is 7.85. The summed E-state index contributed by atoms with van der Waals surface area (Å²) in [6.07, 6.45) is 0.996. The zero-order valence-electron chi connectivity index (χ0n) is 10.8. The van der Waals surface area contributed by atoms with E-state index in [1.165, 1.54) is 0 Å². The third-order valence-electron chi connectivity index (χ3n) is 2.80. The van der Waals surface area contributed by atoms with Gasteiger partial charge in [-0.25, -0.2) is 4.68 Å². The van der Waals surface area contributed by atoms with Crippen LogP contribution in [0.25, 0.3) is 11.3 Å². The van der Waals surface area contributed by atoms with E-state index in [-0.39, 0.29) is 0 Å². The number of nitrogens with zero attached hydrogens (tertiary/aromatic N) is 3. The van der Waals surface area contributed by atoms with Crippen molar-refractivity contribution in [2.45, 2.75) is 26.4 Å². The lowest BCUT2D eigenvalue weighted by atomic mass is 10.1. The fourth-order valence-corrected chi connectivity index (χ4v) is 1.99. The Kier molecular flexibility index (Phi) is 3.94. The minimum atomic E-state index is 0.372. The highest BCUT2D eigenvalue weighted by Gasteiger charge is 2.16. The number of nitrogens with two attached hydrogens (primary N) is 1. The maximum Gasteiger partial charge on any atom is 0.128 e. The lowest BCUT2D eigenvalue weighted by Crippen LogP contribution is -2.05. The van der Waals surface area contributed by atoms with E-state index in [1.54, 1.807) is 7.11 Å². The van der Waals surface area contributed by atoms with Crippen LogP contribution < -0.4 is 10.5 Å². The van der Waals surface area contributed by atoms with E-state index in [9.17, 15) is 0 Å². The quantitative estimate of drug-likeness (QED) is 0.874. The number of hydrogen-bond donors (Lipinski definition) is 1. The normalized spacial score (nSPS) is 10.6. The third kappa shape index (κ3) is 2.22. The topological polar surface area (TPSA) is 66.0 Å². The number of para-hydroxylation sites is 1. The molecule has 0 aliphatic heterocycles. The highest BCUT2D eigenvalue weighted by atomic mass is 16.5. The van der Waals surface area contributed by atoms with E-state index in [2.05, 4.69) is 17.2 Å².